The highest BCUT2D eigenvalue weighted by Crippen LogP contribution is 2.43. The number of ether oxygens (including phenoxy) is 2. The zero-order chi connectivity index (χ0) is 57.0. The Hall–Kier alpha value is -2.81. The summed E-state index contributed by atoms with van der Waals surface area (Å²) in [5, 5.41) is 0. The van der Waals surface area contributed by atoms with Crippen molar-refractivity contribution in [1.29, 1.82) is 0 Å². The Balaban J connectivity index is 4.11. The van der Waals surface area contributed by atoms with E-state index in [0.29, 0.717) is 17.4 Å². The minimum atomic E-state index is -4.39. The average molecular weight is 1110 g/mol. The normalized spacial score (nSPS) is 13.8. The first-order valence-electron chi connectivity index (χ1n) is 32.3. The zero-order valence-electron chi connectivity index (χ0n) is 51.4. The third-order valence-electron chi connectivity index (χ3n) is 13.9. The zero-order valence-corrected chi connectivity index (χ0v) is 52.3. The Morgan fingerprint density at radius 2 is 0.731 bits per heavy atom. The minimum Gasteiger partial charge on any atom is -0.462 e. The van der Waals surface area contributed by atoms with Gasteiger partial charge in [-0.15, -0.1) is 0 Å². The number of hydrogen-bond acceptors (Lipinski definition) is 7. The maximum Gasteiger partial charge on any atom is 0.472 e. The topological polar surface area (TPSA) is 108 Å². The molecule has 0 fully saturated rings. The molecular weight excluding hydrogens is 990 g/mol. The fourth-order valence-electron chi connectivity index (χ4n) is 8.96. The van der Waals surface area contributed by atoms with E-state index in [-0.39, 0.29) is 32.0 Å². The van der Waals surface area contributed by atoms with Crippen molar-refractivity contribution in [2.24, 2.45) is 0 Å². The van der Waals surface area contributed by atoms with Crippen LogP contribution >= 0.6 is 7.82 Å². The van der Waals surface area contributed by atoms with E-state index in [9.17, 15) is 19.0 Å². The number of phosphoric ester groups is 1. The quantitative estimate of drug-likeness (QED) is 0.0211. The molecule has 0 bridgehead atoms. The molecule has 2 unspecified atom stereocenters. The standard InChI is InChI=1S/C68H122NO8P/c1-6-8-10-12-14-16-18-20-22-24-26-28-30-31-32-33-34-35-36-37-39-41-43-45-47-49-51-53-55-57-59-61-68(71)77-66(65-76-78(72,73)75-63-62-69(3,4)5)64-74-67(70)60-58-56-54-52-50-48-46-44-42-40-38-29-27-25-23-21-19-17-15-13-11-9-7-2/h8,10,14,16,20,22,25-28,31-32,34-35,66H,6-7,9,11-13,15,17-19,21,23-24,29-30,33,36-65H2,1-5H3/p+1/b10-8-,16-14-,22-20-,27-25-,28-26-,32-31-,35-34-. The molecule has 0 aromatic carbocycles. The molecule has 10 heteroatoms. The summed E-state index contributed by atoms with van der Waals surface area (Å²) in [6.45, 7) is 4.34. The molecule has 9 nitrogen and oxygen atoms in total. The summed E-state index contributed by atoms with van der Waals surface area (Å²) < 4.78 is 34.7. The van der Waals surface area contributed by atoms with Gasteiger partial charge in [0, 0.05) is 12.8 Å². The number of carbonyl (C=O) groups excluding carboxylic acids is 2. The number of hydrogen-bond donors (Lipinski definition) is 1. The molecule has 2 atom stereocenters. The summed E-state index contributed by atoms with van der Waals surface area (Å²) in [6.07, 6.45) is 79.5. The monoisotopic (exact) mass is 1110 g/mol. The molecule has 0 rings (SSSR count). The molecule has 0 aliphatic rings. The Morgan fingerprint density at radius 3 is 1.10 bits per heavy atom. The molecule has 0 saturated carbocycles. The third-order valence-corrected chi connectivity index (χ3v) is 14.9. The summed E-state index contributed by atoms with van der Waals surface area (Å²) in [4.78, 5) is 35.8. The number of likely N-dealkylation sites (N-methyl/N-ethyl adjacent to an activating group) is 1. The predicted molar refractivity (Wildman–Crippen MR) is 335 cm³/mol. The SMILES string of the molecule is CC/C=C\C/C=C\C/C=C\C/C=C\C/C=C\C/C=C\CCCCCCCCCCCCCCC(=O)OC(COC(=O)CCCCCCCCCCCCC/C=C\CCCCCCCCCC)COP(=O)(O)OCC[N+](C)(C)C. The van der Waals surface area contributed by atoms with E-state index >= 15 is 0 Å². The molecule has 0 radical (unpaired) electrons. The lowest BCUT2D eigenvalue weighted by molar-refractivity contribution is -0.870. The van der Waals surface area contributed by atoms with Gasteiger partial charge in [0.2, 0.25) is 0 Å². The molecule has 78 heavy (non-hydrogen) atoms. The molecular formula is C68H123NO8P+. The summed E-state index contributed by atoms with van der Waals surface area (Å²) in [6, 6.07) is 0. The molecule has 0 spiro atoms. The highest BCUT2D eigenvalue weighted by molar-refractivity contribution is 7.47. The van der Waals surface area contributed by atoms with Crippen LogP contribution < -0.4 is 0 Å². The lowest BCUT2D eigenvalue weighted by Crippen LogP contribution is -2.37. The van der Waals surface area contributed by atoms with Gasteiger partial charge in [-0.25, -0.2) is 4.57 Å². The number of rotatable bonds is 59. The van der Waals surface area contributed by atoms with Crippen molar-refractivity contribution in [1.82, 2.24) is 0 Å². The van der Waals surface area contributed by atoms with Crippen molar-refractivity contribution in [2.75, 3.05) is 47.5 Å². The van der Waals surface area contributed by atoms with Gasteiger partial charge in [0.1, 0.15) is 19.8 Å². The average Bonchev–Trinajstić information content (AvgIpc) is 3.40. The second kappa shape index (κ2) is 58.8. The van der Waals surface area contributed by atoms with E-state index in [4.69, 9.17) is 18.5 Å². The van der Waals surface area contributed by atoms with Gasteiger partial charge in [0.15, 0.2) is 6.10 Å². The van der Waals surface area contributed by atoms with Crippen LogP contribution in [-0.4, -0.2) is 74.9 Å². The fraction of sp³-hybridized carbons (Fsp3) is 0.765. The second-order valence-corrected chi connectivity index (χ2v) is 24.2. The van der Waals surface area contributed by atoms with Crippen molar-refractivity contribution in [3.8, 4) is 0 Å². The van der Waals surface area contributed by atoms with Gasteiger partial charge < -0.3 is 18.9 Å². The van der Waals surface area contributed by atoms with Crippen LogP contribution in [0.1, 0.15) is 284 Å². The van der Waals surface area contributed by atoms with Crippen LogP contribution in [0.25, 0.3) is 0 Å². The summed E-state index contributed by atoms with van der Waals surface area (Å²) in [7, 11) is 1.48. The van der Waals surface area contributed by atoms with Crippen LogP contribution in [0, 0.1) is 0 Å². The Labute approximate surface area is 481 Å². The molecule has 452 valence electrons. The lowest BCUT2D eigenvalue weighted by Gasteiger charge is -2.24. The van der Waals surface area contributed by atoms with Gasteiger partial charge >= 0.3 is 19.8 Å². The van der Waals surface area contributed by atoms with Crippen LogP contribution in [0.5, 0.6) is 0 Å². The number of quaternary nitrogens is 1. The Morgan fingerprint density at radius 1 is 0.410 bits per heavy atom. The molecule has 0 heterocycles. The van der Waals surface area contributed by atoms with E-state index in [0.717, 1.165) is 77.0 Å². The van der Waals surface area contributed by atoms with E-state index < -0.39 is 26.5 Å². The smallest absolute Gasteiger partial charge is 0.462 e. The molecule has 0 aromatic heterocycles. The summed E-state index contributed by atoms with van der Waals surface area (Å²) in [5.74, 6) is -0.794. The van der Waals surface area contributed by atoms with Crippen molar-refractivity contribution < 1.29 is 42.1 Å². The molecule has 0 aliphatic carbocycles. The van der Waals surface area contributed by atoms with E-state index in [1.807, 2.05) is 21.1 Å². The molecule has 0 aromatic rings. The maximum atomic E-state index is 12.9. The number of unbranched alkanes of at least 4 members (excludes halogenated alkanes) is 31. The first-order valence-corrected chi connectivity index (χ1v) is 33.8. The number of allylic oxidation sites excluding steroid dienone is 14. The van der Waals surface area contributed by atoms with E-state index in [1.165, 1.54) is 173 Å². The van der Waals surface area contributed by atoms with Crippen molar-refractivity contribution >= 4 is 19.8 Å². The second-order valence-electron chi connectivity index (χ2n) is 22.8. The van der Waals surface area contributed by atoms with Crippen LogP contribution in [0.3, 0.4) is 0 Å². The van der Waals surface area contributed by atoms with E-state index in [2.05, 4.69) is 98.9 Å². The number of esters is 2. The molecule has 0 saturated heterocycles. The van der Waals surface area contributed by atoms with Crippen LogP contribution in [0.15, 0.2) is 85.1 Å². The maximum absolute atomic E-state index is 12.9. The highest BCUT2D eigenvalue weighted by atomic mass is 31.2. The molecule has 0 aliphatic heterocycles. The number of phosphoric acid groups is 1. The van der Waals surface area contributed by atoms with Crippen LogP contribution in [-0.2, 0) is 32.7 Å². The summed E-state index contributed by atoms with van der Waals surface area (Å²) in [5.41, 5.74) is 0. The van der Waals surface area contributed by atoms with Crippen LogP contribution in [0.4, 0.5) is 0 Å². The van der Waals surface area contributed by atoms with Crippen molar-refractivity contribution in [2.45, 2.75) is 290 Å². The van der Waals surface area contributed by atoms with Gasteiger partial charge in [-0.3, -0.25) is 18.6 Å². The first-order chi connectivity index (χ1) is 38.0. The lowest BCUT2D eigenvalue weighted by atomic mass is 10.0. The van der Waals surface area contributed by atoms with Gasteiger partial charge in [0.05, 0.1) is 27.7 Å². The highest BCUT2D eigenvalue weighted by Gasteiger charge is 2.27. The fourth-order valence-corrected chi connectivity index (χ4v) is 9.70. The van der Waals surface area contributed by atoms with E-state index in [1.54, 1.807) is 0 Å². The Kier molecular flexibility index (Phi) is 56.7. The largest absolute Gasteiger partial charge is 0.472 e. The predicted octanol–water partition coefficient (Wildman–Crippen LogP) is 20.6. The number of nitrogens with zero attached hydrogens (tertiary/aromatic N) is 1. The minimum absolute atomic E-state index is 0.0291. The van der Waals surface area contributed by atoms with Gasteiger partial charge in [0.25, 0.3) is 0 Å². The van der Waals surface area contributed by atoms with Crippen LogP contribution in [0.2, 0.25) is 0 Å². The van der Waals surface area contributed by atoms with Gasteiger partial charge in [-0.05, 0) is 89.9 Å². The summed E-state index contributed by atoms with van der Waals surface area (Å²) >= 11 is 0. The molecule has 0 amide bonds. The number of carbonyl (C=O) groups is 2. The van der Waals surface area contributed by atoms with Gasteiger partial charge in [-0.2, -0.15) is 0 Å². The Bertz CT molecular complexity index is 1590. The van der Waals surface area contributed by atoms with Crippen molar-refractivity contribution in [3.05, 3.63) is 85.1 Å². The third kappa shape index (κ3) is 62.4. The molecule has 1 N–H and O–H groups in total. The van der Waals surface area contributed by atoms with Gasteiger partial charge in [-0.1, -0.05) is 266 Å². The first kappa shape index (κ1) is 75.2. The van der Waals surface area contributed by atoms with Crippen molar-refractivity contribution in [3.63, 3.8) is 0 Å².